The summed E-state index contributed by atoms with van der Waals surface area (Å²) in [5.74, 6) is 8.20. The first-order valence-electron chi connectivity index (χ1n) is 9.52. The molecule has 1 aliphatic carbocycles. The Balaban J connectivity index is 1.30. The Kier molecular flexibility index (Phi) is 3.94. The third-order valence-electron chi connectivity index (χ3n) is 5.14. The molecule has 134 valence electrons. The molecule has 1 atom stereocenters. The molecule has 1 fully saturated rings. The second-order valence-electron chi connectivity index (χ2n) is 7.45. The summed E-state index contributed by atoms with van der Waals surface area (Å²) in [5, 5.41) is 8.68. The van der Waals surface area contributed by atoms with E-state index in [4.69, 9.17) is 4.74 Å². The fraction of sp³-hybridized carbons (Fsp3) is 0.304. The van der Waals surface area contributed by atoms with Gasteiger partial charge >= 0.3 is 0 Å². The van der Waals surface area contributed by atoms with Gasteiger partial charge in [-0.25, -0.2) is 4.68 Å². The third kappa shape index (κ3) is 3.46. The molecule has 4 heteroatoms. The summed E-state index contributed by atoms with van der Waals surface area (Å²) >= 11 is 0. The second kappa shape index (κ2) is 6.59. The number of ether oxygens (including phenoxy) is 1. The minimum atomic E-state index is 0.109. The van der Waals surface area contributed by atoms with Crippen molar-refractivity contribution in [3.05, 3.63) is 65.4 Å². The van der Waals surface area contributed by atoms with E-state index in [1.165, 1.54) is 24.0 Å². The van der Waals surface area contributed by atoms with Gasteiger partial charge in [0.2, 0.25) is 0 Å². The second-order valence-corrected chi connectivity index (χ2v) is 7.45. The van der Waals surface area contributed by atoms with Crippen LogP contribution in [0.5, 0.6) is 5.75 Å². The SMILES string of the molecule is Cc1cc(C#CC2CC2)ccc1-c1cn(CC2Cc3ccccc3O2)nn1. The average Bonchev–Trinajstić information content (AvgIpc) is 3.24. The van der Waals surface area contributed by atoms with E-state index >= 15 is 0 Å². The van der Waals surface area contributed by atoms with Crippen LogP contribution in [0.1, 0.15) is 29.5 Å². The largest absolute Gasteiger partial charge is 0.488 e. The maximum Gasteiger partial charge on any atom is 0.123 e. The monoisotopic (exact) mass is 355 g/mol. The van der Waals surface area contributed by atoms with E-state index in [1.54, 1.807) is 0 Å². The van der Waals surface area contributed by atoms with Crippen molar-refractivity contribution in [1.29, 1.82) is 0 Å². The minimum Gasteiger partial charge on any atom is -0.488 e. The zero-order valence-electron chi connectivity index (χ0n) is 15.4. The summed E-state index contributed by atoms with van der Waals surface area (Å²) in [6, 6.07) is 14.5. The Labute approximate surface area is 159 Å². The van der Waals surface area contributed by atoms with Gasteiger partial charge in [0.05, 0.1) is 12.7 Å². The van der Waals surface area contributed by atoms with Crippen LogP contribution >= 0.6 is 0 Å². The summed E-state index contributed by atoms with van der Waals surface area (Å²) in [4.78, 5) is 0. The molecule has 0 bridgehead atoms. The number of para-hydroxylation sites is 1. The van der Waals surface area contributed by atoms with Crippen LogP contribution < -0.4 is 4.74 Å². The lowest BCUT2D eigenvalue weighted by atomic mass is 10.0. The van der Waals surface area contributed by atoms with E-state index in [0.717, 1.165) is 29.0 Å². The number of aryl methyl sites for hydroxylation is 1. The molecule has 1 saturated carbocycles. The molecule has 4 nitrogen and oxygen atoms in total. The zero-order valence-corrected chi connectivity index (χ0v) is 15.4. The molecule has 0 spiro atoms. The van der Waals surface area contributed by atoms with E-state index in [2.05, 4.69) is 59.4 Å². The van der Waals surface area contributed by atoms with Gasteiger partial charge in [-0.15, -0.1) is 5.10 Å². The number of nitrogens with zero attached hydrogens (tertiary/aromatic N) is 3. The van der Waals surface area contributed by atoms with E-state index in [0.29, 0.717) is 12.5 Å². The van der Waals surface area contributed by atoms with Crippen LogP contribution in [-0.2, 0) is 13.0 Å². The van der Waals surface area contributed by atoms with Gasteiger partial charge in [0.25, 0.3) is 0 Å². The van der Waals surface area contributed by atoms with Gasteiger partial charge < -0.3 is 4.74 Å². The molecule has 2 aromatic carbocycles. The summed E-state index contributed by atoms with van der Waals surface area (Å²) in [6.45, 7) is 2.80. The van der Waals surface area contributed by atoms with E-state index in [-0.39, 0.29) is 6.10 Å². The molecular formula is C23H21N3O. The lowest BCUT2D eigenvalue weighted by molar-refractivity contribution is 0.202. The molecular weight excluding hydrogens is 334 g/mol. The first kappa shape index (κ1) is 16.1. The number of aromatic nitrogens is 3. The van der Waals surface area contributed by atoms with Gasteiger partial charge in [0, 0.05) is 23.5 Å². The standard InChI is InChI=1S/C23H21N3O/c1-16-12-18(9-8-17-6-7-17)10-11-21(16)22-15-26(25-24-22)14-20-13-19-4-2-3-5-23(19)27-20/h2-5,10-12,15,17,20H,6-7,13-14H2,1H3. The predicted octanol–water partition coefficient (Wildman–Crippen LogP) is 4.02. The zero-order chi connectivity index (χ0) is 18.2. The molecule has 1 aromatic heterocycles. The van der Waals surface area contributed by atoms with Crippen molar-refractivity contribution >= 4 is 0 Å². The van der Waals surface area contributed by atoms with Gasteiger partial charge in [-0.05, 0) is 49.1 Å². The highest BCUT2D eigenvalue weighted by atomic mass is 16.5. The first-order chi connectivity index (χ1) is 13.2. The maximum absolute atomic E-state index is 6.01. The number of fused-ring (bicyclic) bond motifs is 1. The molecule has 0 N–H and O–H groups in total. The fourth-order valence-electron chi connectivity index (χ4n) is 3.52. The molecule has 27 heavy (non-hydrogen) atoms. The number of benzene rings is 2. The number of hydrogen-bond donors (Lipinski definition) is 0. The van der Waals surface area contributed by atoms with Crippen LogP contribution in [-0.4, -0.2) is 21.1 Å². The summed E-state index contributed by atoms with van der Waals surface area (Å²) in [6.07, 6.45) is 5.53. The molecule has 0 amide bonds. The highest BCUT2D eigenvalue weighted by Crippen LogP contribution is 2.29. The molecule has 3 aromatic rings. The lowest BCUT2D eigenvalue weighted by Crippen LogP contribution is -2.21. The molecule has 0 radical (unpaired) electrons. The fourth-order valence-corrected chi connectivity index (χ4v) is 3.52. The Hall–Kier alpha value is -3.06. The molecule has 0 saturated heterocycles. The van der Waals surface area contributed by atoms with Crippen molar-refractivity contribution in [2.45, 2.75) is 38.8 Å². The normalized spacial score (nSPS) is 17.7. The number of hydrogen-bond acceptors (Lipinski definition) is 3. The van der Waals surface area contributed by atoms with Crippen molar-refractivity contribution in [3.63, 3.8) is 0 Å². The van der Waals surface area contributed by atoms with Gasteiger partial charge in [-0.2, -0.15) is 0 Å². The lowest BCUT2D eigenvalue weighted by Gasteiger charge is -2.09. The van der Waals surface area contributed by atoms with E-state index in [9.17, 15) is 0 Å². The van der Waals surface area contributed by atoms with Crippen LogP contribution in [0.4, 0.5) is 0 Å². The van der Waals surface area contributed by atoms with Crippen molar-refractivity contribution in [2.24, 2.45) is 5.92 Å². The van der Waals surface area contributed by atoms with Crippen LogP contribution in [0, 0.1) is 24.7 Å². The van der Waals surface area contributed by atoms with Crippen LogP contribution in [0.25, 0.3) is 11.3 Å². The Bertz CT molecular complexity index is 1030. The molecule has 2 aliphatic rings. The third-order valence-corrected chi connectivity index (χ3v) is 5.14. The maximum atomic E-state index is 6.01. The summed E-state index contributed by atoms with van der Waals surface area (Å²) < 4.78 is 7.89. The minimum absolute atomic E-state index is 0.109. The Morgan fingerprint density at radius 1 is 1.19 bits per heavy atom. The average molecular weight is 355 g/mol. The van der Waals surface area contributed by atoms with Gasteiger partial charge in [-0.3, -0.25) is 0 Å². The Morgan fingerprint density at radius 3 is 2.89 bits per heavy atom. The summed E-state index contributed by atoms with van der Waals surface area (Å²) in [5.41, 5.74) is 5.52. The molecule has 1 aliphatic heterocycles. The van der Waals surface area contributed by atoms with Crippen molar-refractivity contribution < 1.29 is 4.74 Å². The van der Waals surface area contributed by atoms with Crippen molar-refractivity contribution in [3.8, 4) is 28.8 Å². The Morgan fingerprint density at radius 2 is 2.07 bits per heavy atom. The highest BCUT2D eigenvalue weighted by Gasteiger charge is 2.23. The predicted molar refractivity (Wildman–Crippen MR) is 104 cm³/mol. The van der Waals surface area contributed by atoms with Crippen molar-refractivity contribution in [2.75, 3.05) is 0 Å². The van der Waals surface area contributed by atoms with E-state index in [1.807, 2.05) is 23.0 Å². The highest BCUT2D eigenvalue weighted by molar-refractivity contribution is 5.64. The topological polar surface area (TPSA) is 39.9 Å². The summed E-state index contributed by atoms with van der Waals surface area (Å²) in [7, 11) is 0. The molecule has 5 rings (SSSR count). The smallest absolute Gasteiger partial charge is 0.123 e. The molecule has 1 unspecified atom stereocenters. The van der Waals surface area contributed by atoms with E-state index < -0.39 is 0 Å². The van der Waals surface area contributed by atoms with Crippen LogP contribution in [0.3, 0.4) is 0 Å². The first-order valence-corrected chi connectivity index (χ1v) is 9.52. The van der Waals surface area contributed by atoms with Crippen LogP contribution in [0.15, 0.2) is 48.7 Å². The van der Waals surface area contributed by atoms with Gasteiger partial charge in [-0.1, -0.05) is 41.3 Å². The molecule has 2 heterocycles. The number of rotatable bonds is 3. The van der Waals surface area contributed by atoms with Gasteiger partial charge in [0.15, 0.2) is 0 Å². The van der Waals surface area contributed by atoms with Crippen molar-refractivity contribution in [1.82, 2.24) is 15.0 Å². The van der Waals surface area contributed by atoms with Gasteiger partial charge in [0.1, 0.15) is 17.5 Å². The quantitative estimate of drug-likeness (QED) is 0.666. The van der Waals surface area contributed by atoms with Crippen LogP contribution in [0.2, 0.25) is 0 Å².